The summed E-state index contributed by atoms with van der Waals surface area (Å²) < 4.78 is 0. The first-order chi connectivity index (χ1) is 19.4. The molecule has 0 fully saturated rings. The number of nitrogens with zero attached hydrogens (tertiary/aromatic N) is 2. The number of hydrogen-bond donors (Lipinski definition) is 0. The minimum absolute atomic E-state index is 0. The summed E-state index contributed by atoms with van der Waals surface area (Å²) >= 11 is 0. The molecule has 1 aliphatic rings. The maximum Gasteiger partial charge on any atom is 4.00 e. The number of anilines is 2. The average Bonchev–Trinajstić information content (AvgIpc) is 2.94. The molecule has 7 rings (SSSR count). The Labute approximate surface area is 257 Å². The maximum atomic E-state index is 3.85. The largest absolute Gasteiger partial charge is 4.00 e. The third-order valence-electron chi connectivity index (χ3n) is 8.13. The zero-order chi connectivity index (χ0) is 27.4. The number of hydrogen-bond acceptors (Lipinski definition) is 2. The number of rotatable bonds is 0. The van der Waals surface area contributed by atoms with Crippen molar-refractivity contribution in [3.8, 4) is 22.3 Å². The topological polar surface area (TPSA) is 6.48 Å². The van der Waals surface area contributed by atoms with E-state index in [2.05, 4.69) is 147 Å². The molecule has 0 aromatic heterocycles. The van der Waals surface area contributed by atoms with Gasteiger partial charge in [-0.05, 0) is 22.9 Å². The summed E-state index contributed by atoms with van der Waals surface area (Å²) in [4.78, 5) is 4.74. The van der Waals surface area contributed by atoms with Crippen LogP contribution in [0.3, 0.4) is 0 Å². The molecule has 1 heterocycles. The van der Waals surface area contributed by atoms with Crippen LogP contribution in [0.2, 0.25) is 0 Å². The summed E-state index contributed by atoms with van der Waals surface area (Å²) in [5.74, 6) is 0. The summed E-state index contributed by atoms with van der Waals surface area (Å²) in [6, 6.07) is 43.2. The molecule has 0 spiro atoms. The van der Waals surface area contributed by atoms with Crippen molar-refractivity contribution in [1.29, 1.82) is 0 Å². The van der Waals surface area contributed by atoms with Crippen molar-refractivity contribution >= 4 is 32.9 Å². The Balaban J connectivity index is 0.00000302. The minimum atomic E-state index is 0. The Morgan fingerprint density at radius 3 is 1.39 bits per heavy atom. The zero-order valence-electron chi connectivity index (χ0n) is 23.9. The van der Waals surface area contributed by atoms with Crippen molar-refractivity contribution in [3.63, 3.8) is 0 Å². The third-order valence-corrected chi connectivity index (χ3v) is 8.13. The standard InChI is InChI=1S/C38H32N2.Pt/c1-25-17-27-21-31(19-25)37-33-11-7-5-9-29(33)13-15-35(37)40(4)24-28-18-26(2)20-32(22-28)38-34-12-8-6-10-30(34)14-16-36(38)39(3)23-27;/h5-20H,23-24H2,1-4H3;/q-2;+4. The van der Waals surface area contributed by atoms with Crippen molar-refractivity contribution in [1.82, 2.24) is 0 Å². The van der Waals surface area contributed by atoms with Gasteiger partial charge in [-0.15, -0.1) is 69.8 Å². The van der Waals surface area contributed by atoms with Gasteiger partial charge in [-0.3, -0.25) is 0 Å². The maximum absolute atomic E-state index is 3.85. The SMILES string of the molecule is Cc1cc2[c-]c(c1)-c1c(ccc3ccccc13)N(C)Cc1[c-]c(cc(C)c1)-c1c(ccc3ccccc13)N(C)C2.[Pt+4]. The van der Waals surface area contributed by atoms with E-state index in [9.17, 15) is 0 Å². The Kier molecular flexibility index (Phi) is 7.22. The van der Waals surface area contributed by atoms with Gasteiger partial charge >= 0.3 is 21.1 Å². The van der Waals surface area contributed by atoms with E-state index < -0.39 is 0 Å². The molecule has 6 aromatic carbocycles. The van der Waals surface area contributed by atoms with Gasteiger partial charge in [-0.25, -0.2) is 0 Å². The van der Waals surface area contributed by atoms with Gasteiger partial charge in [-0.2, -0.15) is 0 Å². The van der Waals surface area contributed by atoms with E-state index in [1.807, 2.05) is 0 Å². The quantitative estimate of drug-likeness (QED) is 0.145. The van der Waals surface area contributed by atoms with Crippen LogP contribution in [0.4, 0.5) is 11.4 Å². The third kappa shape index (κ3) is 4.96. The fourth-order valence-electron chi connectivity index (χ4n) is 6.42. The molecule has 6 aromatic rings. The van der Waals surface area contributed by atoms with Gasteiger partial charge in [-0.1, -0.05) is 96.4 Å². The van der Waals surface area contributed by atoms with Crippen LogP contribution >= 0.6 is 0 Å². The van der Waals surface area contributed by atoms with Gasteiger partial charge in [0.1, 0.15) is 0 Å². The molecule has 0 saturated heterocycles. The summed E-state index contributed by atoms with van der Waals surface area (Å²) in [6.45, 7) is 5.91. The van der Waals surface area contributed by atoms with E-state index >= 15 is 0 Å². The van der Waals surface area contributed by atoms with Gasteiger partial charge in [0.2, 0.25) is 0 Å². The summed E-state index contributed by atoms with van der Waals surface area (Å²) in [5, 5.41) is 5.00. The fourth-order valence-corrected chi connectivity index (χ4v) is 6.42. The monoisotopic (exact) mass is 711 g/mol. The molecule has 4 bridgehead atoms. The van der Waals surface area contributed by atoms with Crippen molar-refractivity contribution < 1.29 is 21.1 Å². The molecule has 0 saturated carbocycles. The van der Waals surface area contributed by atoms with Crippen LogP contribution in [0.1, 0.15) is 22.3 Å². The van der Waals surface area contributed by atoms with Crippen LogP contribution in [0.15, 0.2) is 97.1 Å². The molecular formula is C38H32N2Pt+2. The van der Waals surface area contributed by atoms with Crippen LogP contribution in [0.25, 0.3) is 43.8 Å². The van der Waals surface area contributed by atoms with E-state index in [0.29, 0.717) is 0 Å². The first-order valence-corrected chi connectivity index (χ1v) is 14.0. The second-order valence-corrected chi connectivity index (χ2v) is 11.3. The predicted molar refractivity (Wildman–Crippen MR) is 170 cm³/mol. The van der Waals surface area contributed by atoms with Crippen molar-refractivity contribution in [2.45, 2.75) is 26.9 Å². The zero-order valence-corrected chi connectivity index (χ0v) is 26.1. The molecule has 41 heavy (non-hydrogen) atoms. The fraction of sp³-hybridized carbons (Fsp3) is 0.158. The first-order valence-electron chi connectivity index (χ1n) is 14.0. The van der Waals surface area contributed by atoms with E-state index in [0.717, 1.165) is 24.2 Å². The van der Waals surface area contributed by atoms with Crippen molar-refractivity contribution in [3.05, 3.63) is 131 Å². The number of aryl methyl sites for hydroxylation is 2. The van der Waals surface area contributed by atoms with E-state index in [1.165, 1.54) is 66.3 Å². The van der Waals surface area contributed by atoms with Gasteiger partial charge in [0.25, 0.3) is 0 Å². The molecule has 0 radical (unpaired) electrons. The van der Waals surface area contributed by atoms with E-state index in [4.69, 9.17) is 0 Å². The second-order valence-electron chi connectivity index (χ2n) is 11.3. The molecule has 3 heteroatoms. The Morgan fingerprint density at radius 1 is 0.537 bits per heavy atom. The molecule has 202 valence electrons. The second kappa shape index (κ2) is 10.8. The van der Waals surface area contributed by atoms with Crippen LogP contribution in [0.5, 0.6) is 0 Å². The average molecular weight is 712 g/mol. The van der Waals surface area contributed by atoms with E-state index in [-0.39, 0.29) is 21.1 Å². The van der Waals surface area contributed by atoms with Crippen molar-refractivity contribution in [2.75, 3.05) is 23.9 Å². The Morgan fingerprint density at radius 2 is 0.951 bits per heavy atom. The van der Waals surface area contributed by atoms with Gasteiger partial charge < -0.3 is 9.80 Å². The molecule has 0 N–H and O–H groups in total. The summed E-state index contributed by atoms with van der Waals surface area (Å²) in [5.41, 5.74) is 12.1. The molecule has 0 aliphatic carbocycles. The van der Waals surface area contributed by atoms with Gasteiger partial charge in [0.15, 0.2) is 0 Å². The summed E-state index contributed by atoms with van der Waals surface area (Å²) in [6.07, 6.45) is 0. The van der Waals surface area contributed by atoms with Crippen LogP contribution < -0.4 is 9.80 Å². The number of fused-ring (bicyclic) bond motifs is 12. The smallest absolute Gasteiger partial charge is 0.379 e. The van der Waals surface area contributed by atoms with Gasteiger partial charge in [0.05, 0.1) is 0 Å². The molecule has 0 unspecified atom stereocenters. The molecule has 1 aliphatic heterocycles. The predicted octanol–water partition coefficient (Wildman–Crippen LogP) is 9.13. The minimum Gasteiger partial charge on any atom is -0.379 e. The molecule has 0 amide bonds. The molecule has 2 nitrogen and oxygen atoms in total. The molecule has 0 atom stereocenters. The van der Waals surface area contributed by atoms with Crippen molar-refractivity contribution in [2.24, 2.45) is 0 Å². The molecular weight excluding hydrogens is 680 g/mol. The summed E-state index contributed by atoms with van der Waals surface area (Å²) in [7, 11) is 4.40. The van der Waals surface area contributed by atoms with Crippen LogP contribution in [-0.2, 0) is 34.2 Å². The van der Waals surface area contributed by atoms with E-state index in [1.54, 1.807) is 0 Å². The first kappa shape index (κ1) is 27.3. The Hall–Kier alpha value is -3.87. The van der Waals surface area contributed by atoms with Gasteiger partial charge in [0, 0.05) is 38.6 Å². The van der Waals surface area contributed by atoms with Crippen LogP contribution in [-0.4, -0.2) is 14.1 Å². The normalized spacial score (nSPS) is 12.9. The Bertz CT molecular complexity index is 1780. The number of benzene rings is 6. The van der Waals surface area contributed by atoms with Crippen LogP contribution in [0, 0.1) is 26.0 Å².